The first-order valence-electron chi connectivity index (χ1n) is 5.04. The number of benzene rings is 1. The molecule has 0 aromatic heterocycles. The van der Waals surface area contributed by atoms with E-state index in [2.05, 4.69) is 6.92 Å². The van der Waals surface area contributed by atoms with Gasteiger partial charge >= 0.3 is 0 Å². The Hall–Kier alpha value is -0.760. The number of hydrogen-bond donors (Lipinski definition) is 0. The number of hydrogen-bond acceptors (Lipinski definition) is 2. The van der Waals surface area contributed by atoms with Gasteiger partial charge in [-0.3, -0.25) is 4.79 Å². The van der Waals surface area contributed by atoms with Crippen LogP contribution in [-0.4, -0.2) is 11.5 Å². The van der Waals surface area contributed by atoms with Crippen LogP contribution in [0, 0.1) is 0 Å². The summed E-state index contributed by atoms with van der Waals surface area (Å²) in [6.45, 7) is 4.06. The van der Waals surface area contributed by atoms with E-state index in [-0.39, 0.29) is 5.78 Å². The van der Waals surface area contributed by atoms with Gasteiger partial charge in [-0.15, -0.1) is 11.8 Å². The first-order chi connectivity index (χ1) is 6.77. The maximum atomic E-state index is 11.3. The molecule has 0 heterocycles. The summed E-state index contributed by atoms with van der Waals surface area (Å²) in [5.41, 5.74) is 0.827. The second-order valence-corrected chi connectivity index (χ2v) is 4.32. The van der Waals surface area contributed by atoms with Crippen LogP contribution in [0.1, 0.15) is 37.0 Å². The van der Waals surface area contributed by atoms with E-state index in [9.17, 15) is 4.79 Å². The van der Waals surface area contributed by atoms with Crippen LogP contribution in [0.5, 0.6) is 0 Å². The van der Waals surface area contributed by atoms with Crippen molar-refractivity contribution in [3.63, 3.8) is 0 Å². The first kappa shape index (κ1) is 11.3. The van der Waals surface area contributed by atoms with Crippen LogP contribution in [0.3, 0.4) is 0 Å². The maximum Gasteiger partial charge on any atom is 0.162 e. The van der Waals surface area contributed by atoms with Gasteiger partial charge in [-0.1, -0.05) is 26.0 Å². The number of thioether (sulfide) groups is 1. The molecule has 0 N–H and O–H groups in total. The fourth-order valence-corrected chi connectivity index (χ4v) is 1.93. The van der Waals surface area contributed by atoms with Crippen molar-refractivity contribution in [2.24, 2.45) is 0 Å². The molecule has 0 spiro atoms. The molecule has 0 aliphatic rings. The Morgan fingerprint density at radius 1 is 1.21 bits per heavy atom. The number of Topliss-reactive ketones (excluding diaryl/α,β-unsaturated/α-hetero) is 1. The molecule has 0 atom stereocenters. The van der Waals surface area contributed by atoms with E-state index in [0.717, 1.165) is 11.3 Å². The highest BCUT2D eigenvalue weighted by molar-refractivity contribution is 7.99. The molecule has 1 aromatic rings. The average Bonchev–Trinajstić information content (AvgIpc) is 2.26. The Morgan fingerprint density at radius 3 is 2.36 bits per heavy atom. The Balaban J connectivity index is 2.63. The Bertz CT molecular complexity index is 290. The lowest BCUT2D eigenvalue weighted by atomic mass is 10.1. The predicted octanol–water partition coefficient (Wildman–Crippen LogP) is 3.78. The van der Waals surface area contributed by atoms with Crippen molar-refractivity contribution in [1.29, 1.82) is 0 Å². The van der Waals surface area contributed by atoms with Gasteiger partial charge in [0.2, 0.25) is 0 Å². The van der Waals surface area contributed by atoms with Crippen molar-refractivity contribution >= 4 is 17.5 Å². The van der Waals surface area contributed by atoms with Crippen LogP contribution in [0.15, 0.2) is 29.2 Å². The molecular weight excluding hydrogens is 192 g/mol. The second kappa shape index (κ2) is 5.86. The molecule has 1 rings (SSSR count). The summed E-state index contributed by atoms with van der Waals surface area (Å²) in [4.78, 5) is 12.6. The Kier molecular flexibility index (Phi) is 4.74. The molecule has 0 amide bonds. The van der Waals surface area contributed by atoms with Gasteiger partial charge in [-0.05, 0) is 24.3 Å². The third-order valence-corrected chi connectivity index (χ3v) is 3.19. The summed E-state index contributed by atoms with van der Waals surface area (Å²) < 4.78 is 0. The van der Waals surface area contributed by atoms with E-state index in [1.54, 1.807) is 0 Å². The molecule has 0 unspecified atom stereocenters. The normalized spacial score (nSPS) is 10.1. The summed E-state index contributed by atoms with van der Waals surface area (Å²) in [5, 5.41) is 0. The van der Waals surface area contributed by atoms with Crippen LogP contribution in [0.2, 0.25) is 0 Å². The van der Waals surface area contributed by atoms with Crippen molar-refractivity contribution in [3.05, 3.63) is 29.8 Å². The quantitative estimate of drug-likeness (QED) is 0.541. The second-order valence-electron chi connectivity index (χ2n) is 3.15. The van der Waals surface area contributed by atoms with Gasteiger partial charge in [0.15, 0.2) is 5.78 Å². The van der Waals surface area contributed by atoms with Crippen molar-refractivity contribution in [3.8, 4) is 0 Å². The largest absolute Gasteiger partial charge is 0.294 e. The number of carbonyl (C=O) groups is 1. The van der Waals surface area contributed by atoms with Gasteiger partial charge < -0.3 is 0 Å². The van der Waals surface area contributed by atoms with E-state index >= 15 is 0 Å². The summed E-state index contributed by atoms with van der Waals surface area (Å²) >= 11 is 1.84. The molecule has 76 valence electrons. The highest BCUT2D eigenvalue weighted by Gasteiger charge is 2.01. The third kappa shape index (κ3) is 3.18. The van der Waals surface area contributed by atoms with E-state index in [1.165, 1.54) is 11.3 Å². The van der Waals surface area contributed by atoms with Crippen molar-refractivity contribution in [2.45, 2.75) is 31.6 Å². The minimum atomic E-state index is 0.219. The summed E-state index contributed by atoms with van der Waals surface area (Å²) in [6.07, 6.45) is 1.77. The predicted molar refractivity (Wildman–Crippen MR) is 62.1 cm³/mol. The fourth-order valence-electron chi connectivity index (χ4n) is 1.16. The van der Waals surface area contributed by atoms with Crippen molar-refractivity contribution < 1.29 is 4.79 Å². The smallest absolute Gasteiger partial charge is 0.162 e. The lowest BCUT2D eigenvalue weighted by molar-refractivity contribution is 0.0988. The molecular formula is C12H16OS. The van der Waals surface area contributed by atoms with Crippen LogP contribution < -0.4 is 0 Å². The van der Waals surface area contributed by atoms with Crippen molar-refractivity contribution in [1.82, 2.24) is 0 Å². The van der Waals surface area contributed by atoms with Crippen LogP contribution in [0.4, 0.5) is 0 Å². The summed E-state index contributed by atoms with van der Waals surface area (Å²) in [6, 6.07) is 7.90. The number of ketones is 1. The van der Waals surface area contributed by atoms with E-state index in [0.29, 0.717) is 6.42 Å². The van der Waals surface area contributed by atoms with Crippen LogP contribution in [-0.2, 0) is 0 Å². The lowest BCUT2D eigenvalue weighted by Crippen LogP contribution is -1.95. The molecule has 1 nitrogen and oxygen atoms in total. The average molecular weight is 208 g/mol. The Morgan fingerprint density at radius 2 is 1.86 bits per heavy atom. The lowest BCUT2D eigenvalue weighted by Gasteiger charge is -2.01. The van der Waals surface area contributed by atoms with Gasteiger partial charge in [0.05, 0.1) is 0 Å². The third-order valence-electron chi connectivity index (χ3n) is 1.97. The van der Waals surface area contributed by atoms with Crippen LogP contribution >= 0.6 is 11.8 Å². The van der Waals surface area contributed by atoms with Gasteiger partial charge in [0.1, 0.15) is 0 Å². The van der Waals surface area contributed by atoms with Gasteiger partial charge in [0.25, 0.3) is 0 Å². The molecule has 0 bridgehead atoms. The Labute approximate surface area is 89.9 Å². The number of rotatable bonds is 5. The van der Waals surface area contributed by atoms with Crippen LogP contribution in [0.25, 0.3) is 0 Å². The first-order valence-corrected chi connectivity index (χ1v) is 6.02. The van der Waals surface area contributed by atoms with E-state index < -0.39 is 0 Å². The molecule has 0 aliphatic carbocycles. The molecule has 14 heavy (non-hydrogen) atoms. The maximum absolute atomic E-state index is 11.3. The molecule has 0 saturated carbocycles. The molecule has 0 aliphatic heterocycles. The molecule has 2 heteroatoms. The zero-order chi connectivity index (χ0) is 10.4. The minimum Gasteiger partial charge on any atom is -0.294 e. The van der Waals surface area contributed by atoms with E-state index in [4.69, 9.17) is 0 Å². The molecule has 1 aromatic carbocycles. The SMILES string of the molecule is CCCSc1ccc(C(=O)CC)cc1. The molecule has 0 fully saturated rings. The van der Waals surface area contributed by atoms with Gasteiger partial charge in [0, 0.05) is 16.9 Å². The van der Waals surface area contributed by atoms with Crippen molar-refractivity contribution in [2.75, 3.05) is 5.75 Å². The summed E-state index contributed by atoms with van der Waals surface area (Å²) in [7, 11) is 0. The zero-order valence-electron chi connectivity index (χ0n) is 8.75. The fraction of sp³-hybridized carbons (Fsp3) is 0.417. The number of carbonyl (C=O) groups excluding carboxylic acids is 1. The molecule has 0 radical (unpaired) electrons. The molecule has 0 saturated heterocycles. The topological polar surface area (TPSA) is 17.1 Å². The zero-order valence-corrected chi connectivity index (χ0v) is 9.56. The standard InChI is InChI=1S/C12H16OS/c1-3-9-14-11-7-5-10(6-8-11)12(13)4-2/h5-8H,3-4,9H2,1-2H3. The highest BCUT2D eigenvalue weighted by Crippen LogP contribution is 2.19. The minimum absolute atomic E-state index is 0.219. The van der Waals surface area contributed by atoms with Gasteiger partial charge in [-0.2, -0.15) is 0 Å². The highest BCUT2D eigenvalue weighted by atomic mass is 32.2. The monoisotopic (exact) mass is 208 g/mol. The van der Waals surface area contributed by atoms with Gasteiger partial charge in [-0.25, -0.2) is 0 Å². The van der Waals surface area contributed by atoms with E-state index in [1.807, 2.05) is 43.0 Å². The summed E-state index contributed by atoms with van der Waals surface area (Å²) in [5.74, 6) is 1.36.